The van der Waals surface area contributed by atoms with E-state index in [1.54, 1.807) is 57.2 Å². The lowest BCUT2D eigenvalue weighted by Gasteiger charge is -2.19. The molecule has 2 aromatic rings. The van der Waals surface area contributed by atoms with Crippen LogP contribution in [0.5, 0.6) is 5.75 Å². The third kappa shape index (κ3) is 7.50. The van der Waals surface area contributed by atoms with Crippen molar-refractivity contribution in [3.8, 4) is 17.6 Å². The molecule has 0 N–H and O–H groups in total. The highest BCUT2D eigenvalue weighted by molar-refractivity contribution is 7.92. The van der Waals surface area contributed by atoms with Gasteiger partial charge >= 0.3 is 5.97 Å². The summed E-state index contributed by atoms with van der Waals surface area (Å²) < 4.78 is 35.7. The number of nitrogens with zero attached hydrogens (tertiary/aromatic N) is 1. The number of halogens is 1. The first-order valence-corrected chi connectivity index (χ1v) is 11.7. The summed E-state index contributed by atoms with van der Waals surface area (Å²) in [6.07, 6.45) is 1.14. The molecule has 0 spiro atoms. The maximum Gasteiger partial charge on any atom is 0.344 e. The van der Waals surface area contributed by atoms with Gasteiger partial charge in [-0.2, -0.15) is 0 Å². The molecule has 0 atom stereocenters. The summed E-state index contributed by atoms with van der Waals surface area (Å²) in [4.78, 5) is 12.0. The van der Waals surface area contributed by atoms with Crippen LogP contribution < -0.4 is 9.04 Å². The van der Waals surface area contributed by atoms with Crippen LogP contribution in [0.2, 0.25) is 5.02 Å². The molecule has 0 radical (unpaired) electrons. The van der Waals surface area contributed by atoms with Crippen LogP contribution in [0.3, 0.4) is 0 Å². The first-order chi connectivity index (χ1) is 14.3. The summed E-state index contributed by atoms with van der Waals surface area (Å²) in [6.45, 7) is 6.96. The summed E-state index contributed by atoms with van der Waals surface area (Å²) in [5.41, 5.74) is 1.94. The van der Waals surface area contributed by atoms with Gasteiger partial charge in [0.1, 0.15) is 11.4 Å². The normalized spacial score (nSPS) is 11.3. The Kier molecular flexibility index (Phi) is 7.63. The highest BCUT2D eigenvalue weighted by Gasteiger charge is 2.17. The molecule has 2 aromatic carbocycles. The molecule has 0 aromatic heterocycles. The fourth-order valence-corrected chi connectivity index (χ4v) is 3.17. The molecule has 0 saturated carbocycles. The molecule has 8 heteroatoms. The van der Waals surface area contributed by atoms with Gasteiger partial charge < -0.3 is 9.47 Å². The third-order valence-corrected chi connectivity index (χ3v) is 5.56. The predicted molar refractivity (Wildman–Crippen MR) is 123 cm³/mol. The van der Waals surface area contributed by atoms with Crippen LogP contribution in [0.4, 0.5) is 5.69 Å². The van der Waals surface area contributed by atoms with Crippen LogP contribution in [0.1, 0.15) is 37.5 Å². The lowest BCUT2D eigenvalue weighted by Crippen LogP contribution is -2.27. The molecule has 0 fully saturated rings. The molecule has 2 rings (SSSR count). The molecule has 0 aliphatic rings. The van der Waals surface area contributed by atoms with Crippen molar-refractivity contribution >= 4 is 33.3 Å². The van der Waals surface area contributed by atoms with E-state index in [0.29, 0.717) is 27.6 Å². The van der Waals surface area contributed by atoms with Gasteiger partial charge in [-0.1, -0.05) is 29.5 Å². The number of aryl methyl sites for hydroxylation is 1. The zero-order valence-corrected chi connectivity index (χ0v) is 20.0. The smallest absolute Gasteiger partial charge is 0.344 e. The molecule has 0 heterocycles. The van der Waals surface area contributed by atoms with Crippen molar-refractivity contribution in [2.24, 2.45) is 0 Å². The van der Waals surface area contributed by atoms with Gasteiger partial charge in [0.05, 0.1) is 17.5 Å². The van der Waals surface area contributed by atoms with Crippen LogP contribution in [-0.2, 0) is 19.6 Å². The SMILES string of the molecule is Cc1ccc(N(C)S(C)(=O)=O)cc1C#Cc1cc(Cl)ccc1OCC(=O)OC(C)(C)C. The first-order valence-electron chi connectivity index (χ1n) is 9.47. The van der Waals surface area contributed by atoms with Crippen molar-refractivity contribution in [2.75, 3.05) is 24.2 Å². The molecule has 0 unspecified atom stereocenters. The number of rotatable bonds is 5. The van der Waals surface area contributed by atoms with Crippen LogP contribution in [0.15, 0.2) is 36.4 Å². The number of sulfonamides is 1. The Labute approximate surface area is 189 Å². The average Bonchev–Trinajstić information content (AvgIpc) is 2.64. The number of ether oxygens (including phenoxy) is 2. The van der Waals surface area contributed by atoms with E-state index < -0.39 is 21.6 Å². The maximum absolute atomic E-state index is 12.0. The first kappa shape index (κ1) is 24.6. The minimum absolute atomic E-state index is 0.263. The molecule has 0 aliphatic heterocycles. The standard InChI is InChI=1S/C23H26ClNO5S/c1-16-7-11-20(25(5)31(6,27)28)14-17(16)8-9-18-13-19(24)10-12-21(18)29-15-22(26)30-23(2,3)4/h7,10-14H,15H2,1-6H3. The summed E-state index contributed by atoms with van der Waals surface area (Å²) in [5, 5.41) is 0.469. The number of carbonyl (C=O) groups is 1. The molecule has 31 heavy (non-hydrogen) atoms. The van der Waals surface area contributed by atoms with E-state index in [1.807, 2.05) is 6.92 Å². The van der Waals surface area contributed by atoms with Gasteiger partial charge in [0, 0.05) is 17.6 Å². The number of hydrogen-bond acceptors (Lipinski definition) is 5. The van der Waals surface area contributed by atoms with Crippen LogP contribution >= 0.6 is 11.6 Å². The summed E-state index contributed by atoms with van der Waals surface area (Å²) in [7, 11) is -1.91. The number of benzene rings is 2. The van der Waals surface area contributed by atoms with Gasteiger partial charge in [-0.05, 0) is 63.6 Å². The molecule has 0 bridgehead atoms. The van der Waals surface area contributed by atoms with Crippen molar-refractivity contribution in [3.05, 3.63) is 58.1 Å². The fourth-order valence-electron chi connectivity index (χ4n) is 2.50. The summed E-state index contributed by atoms with van der Waals surface area (Å²) in [6, 6.07) is 10.1. The van der Waals surface area contributed by atoms with E-state index in [0.717, 1.165) is 11.8 Å². The molecule has 0 saturated heterocycles. The Balaban J connectivity index is 2.32. The second kappa shape index (κ2) is 9.63. The van der Waals surface area contributed by atoms with Crippen molar-refractivity contribution < 1.29 is 22.7 Å². The second-order valence-corrected chi connectivity index (χ2v) is 10.4. The maximum atomic E-state index is 12.0. The number of carbonyl (C=O) groups excluding carboxylic acids is 1. The topological polar surface area (TPSA) is 72.9 Å². The lowest BCUT2D eigenvalue weighted by atomic mass is 10.1. The van der Waals surface area contributed by atoms with Crippen molar-refractivity contribution in [3.63, 3.8) is 0 Å². The van der Waals surface area contributed by atoms with Crippen molar-refractivity contribution in [2.45, 2.75) is 33.3 Å². The Morgan fingerprint density at radius 3 is 2.35 bits per heavy atom. The predicted octanol–water partition coefficient (Wildman–Crippen LogP) is 4.16. The van der Waals surface area contributed by atoms with Crippen LogP contribution in [0, 0.1) is 18.8 Å². The van der Waals surface area contributed by atoms with E-state index >= 15 is 0 Å². The van der Waals surface area contributed by atoms with Gasteiger partial charge in [-0.3, -0.25) is 4.31 Å². The lowest BCUT2D eigenvalue weighted by molar-refractivity contribution is -0.157. The van der Waals surface area contributed by atoms with E-state index in [-0.39, 0.29) is 6.61 Å². The van der Waals surface area contributed by atoms with Gasteiger partial charge in [0.15, 0.2) is 6.61 Å². The zero-order chi connectivity index (χ0) is 23.4. The molecule has 6 nitrogen and oxygen atoms in total. The fraction of sp³-hybridized carbons (Fsp3) is 0.348. The average molecular weight is 464 g/mol. The molecule has 0 aliphatic carbocycles. The summed E-state index contributed by atoms with van der Waals surface area (Å²) in [5.74, 6) is 5.95. The molecular weight excluding hydrogens is 438 g/mol. The van der Waals surface area contributed by atoms with Gasteiger partial charge in [0.25, 0.3) is 0 Å². The Morgan fingerprint density at radius 2 is 1.74 bits per heavy atom. The van der Waals surface area contributed by atoms with E-state index in [4.69, 9.17) is 21.1 Å². The Bertz CT molecular complexity index is 1140. The zero-order valence-electron chi connectivity index (χ0n) is 18.4. The highest BCUT2D eigenvalue weighted by atomic mass is 35.5. The van der Waals surface area contributed by atoms with Crippen LogP contribution in [-0.4, -0.2) is 39.9 Å². The van der Waals surface area contributed by atoms with Gasteiger partial charge in [-0.25, -0.2) is 13.2 Å². The van der Waals surface area contributed by atoms with E-state index in [1.165, 1.54) is 11.4 Å². The largest absolute Gasteiger partial charge is 0.481 e. The third-order valence-electron chi connectivity index (χ3n) is 4.12. The molecular formula is C23H26ClNO5S. The second-order valence-electron chi connectivity index (χ2n) is 8.00. The minimum Gasteiger partial charge on any atom is -0.481 e. The number of anilines is 1. The monoisotopic (exact) mass is 463 g/mol. The Morgan fingerprint density at radius 1 is 1.10 bits per heavy atom. The van der Waals surface area contributed by atoms with Crippen molar-refractivity contribution in [1.82, 2.24) is 0 Å². The summed E-state index contributed by atoms with van der Waals surface area (Å²) >= 11 is 6.11. The van der Waals surface area contributed by atoms with Gasteiger partial charge in [-0.15, -0.1) is 0 Å². The number of hydrogen-bond donors (Lipinski definition) is 0. The number of esters is 1. The van der Waals surface area contributed by atoms with Crippen molar-refractivity contribution in [1.29, 1.82) is 0 Å². The molecule has 0 amide bonds. The van der Waals surface area contributed by atoms with E-state index in [9.17, 15) is 13.2 Å². The van der Waals surface area contributed by atoms with Crippen LogP contribution in [0.25, 0.3) is 0 Å². The quantitative estimate of drug-likeness (QED) is 0.491. The molecule has 166 valence electrons. The Hall–Kier alpha value is -2.69. The highest BCUT2D eigenvalue weighted by Crippen LogP contribution is 2.24. The van der Waals surface area contributed by atoms with Gasteiger partial charge in [0.2, 0.25) is 10.0 Å². The minimum atomic E-state index is -3.39. The van der Waals surface area contributed by atoms with E-state index in [2.05, 4.69) is 11.8 Å².